The molecule has 1 rings (SSSR count). The molecule has 148 valence electrons. The Morgan fingerprint density at radius 3 is 2.38 bits per heavy atom. The lowest BCUT2D eigenvalue weighted by Gasteiger charge is -2.16. The molecule has 1 aromatic rings. The van der Waals surface area contributed by atoms with Crippen LogP contribution in [0.4, 0.5) is 0 Å². The summed E-state index contributed by atoms with van der Waals surface area (Å²) in [6, 6.07) is 8.09. The van der Waals surface area contributed by atoms with E-state index >= 15 is 0 Å². The fourth-order valence-electron chi connectivity index (χ4n) is 2.22. The summed E-state index contributed by atoms with van der Waals surface area (Å²) in [4.78, 5) is 23.6. The molecular formula is C20H32BrNO4. The summed E-state index contributed by atoms with van der Waals surface area (Å²) in [5, 5.41) is 0. The zero-order valence-electron chi connectivity index (χ0n) is 16.8. The van der Waals surface area contributed by atoms with Gasteiger partial charge in [0.2, 0.25) is 0 Å². The number of hydrogen-bond acceptors (Lipinski definition) is 5. The average molecular weight is 430 g/mol. The van der Waals surface area contributed by atoms with Crippen LogP contribution in [0.25, 0.3) is 0 Å². The Balaban J connectivity index is 0.000000758. The van der Waals surface area contributed by atoms with E-state index in [2.05, 4.69) is 31.6 Å². The average Bonchev–Trinajstić information content (AvgIpc) is 2.52. The minimum Gasteiger partial charge on any atom is -0.469 e. The Hall–Kier alpha value is -1.40. The molecule has 1 unspecified atom stereocenters. The summed E-state index contributed by atoms with van der Waals surface area (Å²) in [5.41, 5.74) is 0.844. The van der Waals surface area contributed by atoms with Gasteiger partial charge in [-0.25, -0.2) is 0 Å². The van der Waals surface area contributed by atoms with Crippen LogP contribution in [0.2, 0.25) is 0 Å². The van der Waals surface area contributed by atoms with E-state index in [1.165, 1.54) is 7.11 Å². The minimum atomic E-state index is -0.318. The second-order valence-electron chi connectivity index (χ2n) is 7.33. The summed E-state index contributed by atoms with van der Waals surface area (Å²) >= 11 is 3.46. The first-order valence-corrected chi connectivity index (χ1v) is 9.46. The van der Waals surface area contributed by atoms with Gasteiger partial charge in [-0.3, -0.25) is 9.59 Å². The first-order chi connectivity index (χ1) is 12.1. The monoisotopic (exact) mass is 429 g/mol. The first-order valence-electron chi connectivity index (χ1n) is 8.67. The highest BCUT2D eigenvalue weighted by Gasteiger charge is 2.19. The molecule has 0 saturated carbocycles. The van der Waals surface area contributed by atoms with Crippen molar-refractivity contribution in [2.24, 2.45) is 5.92 Å². The number of carbonyl (C=O) groups is 2. The highest BCUT2D eigenvalue weighted by atomic mass is 79.9. The van der Waals surface area contributed by atoms with Crippen molar-refractivity contribution < 1.29 is 19.1 Å². The zero-order chi connectivity index (χ0) is 20.2. The Bertz CT molecular complexity index is 541. The molecule has 0 fully saturated rings. The van der Waals surface area contributed by atoms with Gasteiger partial charge in [0.25, 0.3) is 6.47 Å². The Morgan fingerprint density at radius 1 is 1.31 bits per heavy atom. The molecule has 0 aliphatic rings. The molecule has 6 heteroatoms. The fraction of sp³-hybridized carbons (Fsp3) is 0.600. The Labute approximate surface area is 166 Å². The number of halogens is 1. The molecule has 0 N–H and O–H groups in total. The molecule has 1 atom stereocenters. The van der Waals surface area contributed by atoms with Crippen LogP contribution in [0.1, 0.15) is 39.2 Å². The maximum Gasteiger partial charge on any atom is 0.308 e. The van der Waals surface area contributed by atoms with E-state index in [-0.39, 0.29) is 17.5 Å². The second-order valence-corrected chi connectivity index (χ2v) is 8.24. The molecule has 0 heterocycles. The van der Waals surface area contributed by atoms with E-state index in [1.54, 1.807) is 0 Å². The van der Waals surface area contributed by atoms with Crippen molar-refractivity contribution in [3.8, 4) is 0 Å². The highest BCUT2D eigenvalue weighted by molar-refractivity contribution is 9.10. The number of rotatable bonds is 8. The van der Waals surface area contributed by atoms with Crippen LogP contribution in [0.3, 0.4) is 0 Å². The van der Waals surface area contributed by atoms with Gasteiger partial charge in [-0.1, -0.05) is 28.1 Å². The van der Waals surface area contributed by atoms with Gasteiger partial charge in [0.1, 0.15) is 5.60 Å². The maximum atomic E-state index is 11.8. The van der Waals surface area contributed by atoms with Crippen molar-refractivity contribution in [3.63, 3.8) is 0 Å². The molecule has 0 amide bonds. The largest absolute Gasteiger partial charge is 0.469 e. The summed E-state index contributed by atoms with van der Waals surface area (Å²) < 4.78 is 10.5. The van der Waals surface area contributed by atoms with Crippen molar-refractivity contribution in [1.82, 2.24) is 4.90 Å². The topological polar surface area (TPSA) is 55.8 Å². The first kappa shape index (κ1) is 24.6. The van der Waals surface area contributed by atoms with Gasteiger partial charge in [0.05, 0.1) is 13.0 Å². The summed E-state index contributed by atoms with van der Waals surface area (Å²) in [7, 11) is 5.55. The summed E-state index contributed by atoms with van der Waals surface area (Å²) in [6.07, 6.45) is 2.59. The Kier molecular flexibility index (Phi) is 12.2. The normalized spacial score (nSPS) is 12.0. The van der Waals surface area contributed by atoms with Crippen LogP contribution in [-0.2, 0) is 25.5 Å². The van der Waals surface area contributed by atoms with Crippen molar-refractivity contribution in [1.29, 1.82) is 0 Å². The van der Waals surface area contributed by atoms with Crippen molar-refractivity contribution in [2.45, 2.75) is 45.6 Å². The lowest BCUT2D eigenvalue weighted by atomic mass is 9.95. The minimum absolute atomic E-state index is 0.0563. The van der Waals surface area contributed by atoms with E-state index < -0.39 is 0 Å². The van der Waals surface area contributed by atoms with Gasteiger partial charge in [-0.05, 0) is 78.4 Å². The standard InChI is InChI=1S/C15H22BrNO2.C5H10O2/c1-17(2)9-5-7-13(15(18)19-3)10-12-6-4-8-14(16)11-12;1-5(2,3)7-4-6/h4,6,8,11,13H,5,7,9-10H2,1-3H3;4H,1-3H3. The van der Waals surface area contributed by atoms with Gasteiger partial charge in [-0.2, -0.15) is 0 Å². The van der Waals surface area contributed by atoms with E-state index in [9.17, 15) is 9.59 Å². The number of carbonyl (C=O) groups excluding carboxylic acids is 2. The lowest BCUT2D eigenvalue weighted by molar-refractivity contribution is -0.145. The van der Waals surface area contributed by atoms with Gasteiger partial charge in [0, 0.05) is 4.47 Å². The third kappa shape index (κ3) is 12.9. The van der Waals surface area contributed by atoms with Crippen LogP contribution in [-0.4, -0.2) is 50.7 Å². The van der Waals surface area contributed by atoms with E-state index in [4.69, 9.17) is 4.74 Å². The number of benzene rings is 1. The SMILES string of the molecule is CC(C)(C)OC=O.COC(=O)C(CCCN(C)C)Cc1cccc(Br)c1. The number of methoxy groups -OCH3 is 1. The quantitative estimate of drug-likeness (QED) is 0.460. The summed E-state index contributed by atoms with van der Waals surface area (Å²) in [6.45, 7) is 6.91. The van der Waals surface area contributed by atoms with Crippen molar-refractivity contribution in [3.05, 3.63) is 34.3 Å². The number of hydrogen-bond donors (Lipinski definition) is 0. The second kappa shape index (κ2) is 12.9. The number of esters is 1. The van der Waals surface area contributed by atoms with E-state index in [1.807, 2.05) is 53.1 Å². The molecule has 0 aliphatic heterocycles. The van der Waals surface area contributed by atoms with Gasteiger partial charge >= 0.3 is 5.97 Å². The molecular weight excluding hydrogens is 398 g/mol. The fourth-order valence-corrected chi connectivity index (χ4v) is 2.66. The van der Waals surface area contributed by atoms with Crippen molar-refractivity contribution >= 4 is 28.4 Å². The van der Waals surface area contributed by atoms with Crippen LogP contribution >= 0.6 is 15.9 Å². The number of nitrogens with zero attached hydrogens (tertiary/aromatic N) is 1. The van der Waals surface area contributed by atoms with Crippen molar-refractivity contribution in [2.75, 3.05) is 27.7 Å². The maximum absolute atomic E-state index is 11.8. The van der Waals surface area contributed by atoms with Gasteiger partial charge in [0.15, 0.2) is 0 Å². The molecule has 26 heavy (non-hydrogen) atoms. The molecule has 0 spiro atoms. The van der Waals surface area contributed by atoms with E-state index in [0.29, 0.717) is 6.47 Å². The molecule has 0 aliphatic carbocycles. The molecule has 0 radical (unpaired) electrons. The molecule has 1 aromatic carbocycles. The smallest absolute Gasteiger partial charge is 0.308 e. The highest BCUT2D eigenvalue weighted by Crippen LogP contribution is 2.19. The van der Waals surface area contributed by atoms with Crippen LogP contribution in [0.15, 0.2) is 28.7 Å². The van der Waals surface area contributed by atoms with Crippen LogP contribution in [0, 0.1) is 5.92 Å². The third-order valence-electron chi connectivity index (χ3n) is 3.47. The molecule has 0 aromatic heterocycles. The van der Waals surface area contributed by atoms with Crippen LogP contribution in [0.5, 0.6) is 0 Å². The zero-order valence-corrected chi connectivity index (χ0v) is 18.3. The third-order valence-corrected chi connectivity index (χ3v) is 3.96. The Morgan fingerprint density at radius 2 is 1.96 bits per heavy atom. The van der Waals surface area contributed by atoms with E-state index in [0.717, 1.165) is 35.8 Å². The van der Waals surface area contributed by atoms with Gasteiger partial charge in [-0.15, -0.1) is 0 Å². The molecule has 0 bridgehead atoms. The predicted octanol–water partition coefficient (Wildman–Crippen LogP) is 4.08. The lowest BCUT2D eigenvalue weighted by Crippen LogP contribution is -2.21. The predicted molar refractivity (Wildman–Crippen MR) is 108 cm³/mol. The number of ether oxygens (including phenoxy) is 2. The molecule has 0 saturated heterocycles. The van der Waals surface area contributed by atoms with Crippen LogP contribution < -0.4 is 0 Å². The summed E-state index contributed by atoms with van der Waals surface area (Å²) in [5.74, 6) is -0.169. The molecule has 5 nitrogen and oxygen atoms in total. The van der Waals surface area contributed by atoms with Gasteiger partial charge < -0.3 is 14.4 Å².